The molecule has 0 radical (unpaired) electrons. The molecule has 0 aliphatic carbocycles. The summed E-state index contributed by atoms with van der Waals surface area (Å²) < 4.78 is 4.81. The van der Waals surface area contributed by atoms with Crippen molar-refractivity contribution in [2.45, 2.75) is 13.0 Å². The van der Waals surface area contributed by atoms with Crippen molar-refractivity contribution in [3.8, 4) is 0 Å². The van der Waals surface area contributed by atoms with Crippen molar-refractivity contribution < 1.29 is 14.3 Å². The number of methoxy groups -OCH3 is 1. The Bertz CT molecular complexity index is 451. The quantitative estimate of drug-likeness (QED) is 0.633. The van der Waals surface area contributed by atoms with Gasteiger partial charge in [0, 0.05) is 38.2 Å². The zero-order chi connectivity index (χ0) is 15.5. The molecule has 0 aliphatic rings. The summed E-state index contributed by atoms with van der Waals surface area (Å²) in [6, 6.07) is 6.90. The van der Waals surface area contributed by atoms with Crippen molar-refractivity contribution in [1.29, 1.82) is 0 Å². The summed E-state index contributed by atoms with van der Waals surface area (Å²) >= 11 is 5.77. The molecule has 21 heavy (non-hydrogen) atoms. The number of nitrogens with one attached hydrogen (secondary N) is 3. The molecular weight excluding hydrogens is 294 g/mol. The van der Waals surface area contributed by atoms with E-state index in [0.717, 1.165) is 5.56 Å². The third-order valence-corrected chi connectivity index (χ3v) is 2.88. The molecule has 116 valence electrons. The second-order valence-corrected chi connectivity index (χ2v) is 4.77. The van der Waals surface area contributed by atoms with Gasteiger partial charge in [-0.15, -0.1) is 0 Å². The van der Waals surface area contributed by atoms with Crippen molar-refractivity contribution in [1.82, 2.24) is 16.0 Å². The van der Waals surface area contributed by atoms with Crippen LogP contribution in [-0.4, -0.2) is 38.7 Å². The van der Waals surface area contributed by atoms with Gasteiger partial charge in [0.05, 0.1) is 6.61 Å². The Labute approximate surface area is 129 Å². The van der Waals surface area contributed by atoms with Crippen LogP contribution in [0.1, 0.15) is 12.0 Å². The monoisotopic (exact) mass is 313 g/mol. The normalized spacial score (nSPS) is 10.0. The van der Waals surface area contributed by atoms with Gasteiger partial charge in [0.15, 0.2) is 0 Å². The molecule has 0 fully saturated rings. The van der Waals surface area contributed by atoms with E-state index in [0.29, 0.717) is 24.7 Å². The van der Waals surface area contributed by atoms with Gasteiger partial charge in [-0.2, -0.15) is 0 Å². The van der Waals surface area contributed by atoms with Crippen LogP contribution in [0.3, 0.4) is 0 Å². The molecule has 0 saturated carbocycles. The fourth-order valence-corrected chi connectivity index (χ4v) is 1.64. The van der Waals surface area contributed by atoms with Crippen molar-refractivity contribution in [3.05, 3.63) is 34.9 Å². The van der Waals surface area contributed by atoms with Crippen LogP contribution in [0, 0.1) is 0 Å². The smallest absolute Gasteiger partial charge is 0.315 e. The molecule has 3 N–H and O–H groups in total. The first-order chi connectivity index (χ1) is 10.1. The van der Waals surface area contributed by atoms with Crippen LogP contribution >= 0.6 is 11.6 Å². The van der Waals surface area contributed by atoms with Gasteiger partial charge < -0.3 is 20.7 Å². The summed E-state index contributed by atoms with van der Waals surface area (Å²) in [5, 5.41) is 8.64. The van der Waals surface area contributed by atoms with Gasteiger partial charge in [0.25, 0.3) is 0 Å². The van der Waals surface area contributed by atoms with E-state index >= 15 is 0 Å². The minimum absolute atomic E-state index is 0.120. The summed E-state index contributed by atoms with van der Waals surface area (Å²) in [4.78, 5) is 22.9. The lowest BCUT2D eigenvalue weighted by molar-refractivity contribution is -0.121. The van der Waals surface area contributed by atoms with Crippen molar-refractivity contribution in [3.63, 3.8) is 0 Å². The molecular formula is C14H20ClN3O3. The number of hydrogen-bond acceptors (Lipinski definition) is 3. The Morgan fingerprint density at radius 2 is 1.81 bits per heavy atom. The fraction of sp³-hybridized carbons (Fsp3) is 0.429. The lowest BCUT2D eigenvalue weighted by atomic mass is 10.2. The second-order valence-electron chi connectivity index (χ2n) is 4.33. The maximum atomic E-state index is 11.5. The highest BCUT2D eigenvalue weighted by Crippen LogP contribution is 2.08. The van der Waals surface area contributed by atoms with Gasteiger partial charge in [-0.05, 0) is 17.7 Å². The number of carbonyl (C=O) groups excluding carboxylic acids is 2. The average molecular weight is 314 g/mol. The van der Waals surface area contributed by atoms with Crippen molar-refractivity contribution in [2.75, 3.05) is 26.8 Å². The molecule has 0 saturated heterocycles. The number of ether oxygens (including phenoxy) is 1. The molecule has 0 aromatic heterocycles. The first kappa shape index (κ1) is 17.3. The Kier molecular flexibility index (Phi) is 8.23. The van der Waals surface area contributed by atoms with Crippen molar-refractivity contribution in [2.24, 2.45) is 0 Å². The number of urea groups is 1. The van der Waals surface area contributed by atoms with Gasteiger partial charge in [-0.3, -0.25) is 4.79 Å². The third kappa shape index (κ3) is 8.16. The molecule has 1 aromatic carbocycles. The molecule has 0 aliphatic heterocycles. The summed E-state index contributed by atoms with van der Waals surface area (Å²) in [5.41, 5.74) is 0.951. The van der Waals surface area contributed by atoms with E-state index in [2.05, 4.69) is 16.0 Å². The number of rotatable bonds is 8. The summed E-state index contributed by atoms with van der Waals surface area (Å²) in [5.74, 6) is -0.120. The predicted octanol–water partition coefficient (Wildman–Crippen LogP) is 1.29. The van der Waals surface area contributed by atoms with Crippen LogP contribution in [0.4, 0.5) is 4.79 Å². The molecule has 0 spiro atoms. The number of carbonyl (C=O) groups is 2. The maximum absolute atomic E-state index is 11.5. The zero-order valence-corrected chi connectivity index (χ0v) is 12.7. The minimum Gasteiger partial charge on any atom is -0.383 e. The first-order valence-electron chi connectivity index (χ1n) is 6.63. The first-order valence-corrected chi connectivity index (χ1v) is 7.01. The molecule has 1 rings (SSSR count). The second kappa shape index (κ2) is 10.0. The molecule has 0 unspecified atom stereocenters. The molecule has 0 bridgehead atoms. The largest absolute Gasteiger partial charge is 0.383 e. The fourth-order valence-electron chi connectivity index (χ4n) is 1.52. The van der Waals surface area contributed by atoms with Crippen LogP contribution in [0.15, 0.2) is 24.3 Å². The third-order valence-electron chi connectivity index (χ3n) is 2.63. The van der Waals surface area contributed by atoms with E-state index in [-0.39, 0.29) is 24.9 Å². The number of benzene rings is 1. The van der Waals surface area contributed by atoms with Crippen LogP contribution in [0.5, 0.6) is 0 Å². The number of amides is 3. The van der Waals surface area contributed by atoms with E-state index in [1.165, 1.54) is 0 Å². The molecule has 1 aromatic rings. The average Bonchev–Trinajstić information content (AvgIpc) is 2.47. The highest BCUT2D eigenvalue weighted by atomic mass is 35.5. The Morgan fingerprint density at radius 1 is 1.10 bits per heavy atom. The van der Waals surface area contributed by atoms with E-state index < -0.39 is 0 Å². The lowest BCUT2D eigenvalue weighted by Crippen LogP contribution is -2.37. The Hall–Kier alpha value is -1.79. The van der Waals surface area contributed by atoms with E-state index in [9.17, 15) is 9.59 Å². The predicted molar refractivity (Wildman–Crippen MR) is 81.2 cm³/mol. The summed E-state index contributed by atoms with van der Waals surface area (Å²) in [6.07, 6.45) is 0.234. The lowest BCUT2D eigenvalue weighted by Gasteiger charge is -2.08. The zero-order valence-electron chi connectivity index (χ0n) is 11.9. The SMILES string of the molecule is COCCNC(=O)CCNC(=O)NCc1ccc(Cl)cc1. The van der Waals surface area contributed by atoms with E-state index in [4.69, 9.17) is 16.3 Å². The highest BCUT2D eigenvalue weighted by Gasteiger charge is 2.03. The maximum Gasteiger partial charge on any atom is 0.315 e. The summed E-state index contributed by atoms with van der Waals surface area (Å²) in [7, 11) is 1.57. The molecule has 6 nitrogen and oxygen atoms in total. The standard InChI is InChI=1S/C14H20ClN3O3/c1-21-9-8-16-13(19)6-7-17-14(20)18-10-11-2-4-12(15)5-3-11/h2-5H,6-10H2,1H3,(H,16,19)(H2,17,18,20). The Balaban J connectivity index is 2.11. The van der Waals surface area contributed by atoms with Crippen LogP contribution in [-0.2, 0) is 16.1 Å². The van der Waals surface area contributed by atoms with Crippen LogP contribution in [0.2, 0.25) is 5.02 Å². The molecule has 7 heteroatoms. The topological polar surface area (TPSA) is 79.5 Å². The van der Waals surface area contributed by atoms with E-state index in [1.807, 2.05) is 12.1 Å². The summed E-state index contributed by atoms with van der Waals surface area (Å²) in [6.45, 7) is 1.63. The van der Waals surface area contributed by atoms with Crippen LogP contribution < -0.4 is 16.0 Å². The molecule has 0 heterocycles. The molecule has 0 atom stereocenters. The molecule has 3 amide bonds. The number of halogens is 1. The number of hydrogen-bond donors (Lipinski definition) is 3. The minimum atomic E-state index is -0.311. The van der Waals surface area contributed by atoms with Crippen molar-refractivity contribution >= 4 is 23.5 Å². The van der Waals surface area contributed by atoms with Gasteiger partial charge in [0.2, 0.25) is 5.91 Å². The van der Waals surface area contributed by atoms with Gasteiger partial charge >= 0.3 is 6.03 Å². The van der Waals surface area contributed by atoms with Crippen LogP contribution in [0.25, 0.3) is 0 Å². The Morgan fingerprint density at radius 3 is 2.48 bits per heavy atom. The van der Waals surface area contributed by atoms with E-state index in [1.54, 1.807) is 19.2 Å². The van der Waals surface area contributed by atoms with Gasteiger partial charge in [-0.1, -0.05) is 23.7 Å². The highest BCUT2D eigenvalue weighted by molar-refractivity contribution is 6.30. The van der Waals surface area contributed by atoms with Gasteiger partial charge in [-0.25, -0.2) is 4.79 Å². The van der Waals surface area contributed by atoms with Gasteiger partial charge in [0.1, 0.15) is 0 Å².